The van der Waals surface area contributed by atoms with Crippen molar-refractivity contribution in [2.75, 3.05) is 32.7 Å². The van der Waals surface area contributed by atoms with E-state index in [4.69, 9.17) is 0 Å². The van der Waals surface area contributed by atoms with Gasteiger partial charge in [-0.05, 0) is 42.9 Å². The summed E-state index contributed by atoms with van der Waals surface area (Å²) < 4.78 is 0. The normalized spacial score (nSPS) is 26.4. The first kappa shape index (κ1) is 18.2. The maximum atomic E-state index is 13.5. The minimum Gasteiger partial charge on any atom is -0.508 e. The van der Waals surface area contributed by atoms with Crippen LogP contribution in [0.1, 0.15) is 44.7 Å². The Morgan fingerprint density at radius 2 is 2.24 bits per heavy atom. The fourth-order valence-electron chi connectivity index (χ4n) is 4.23. The van der Waals surface area contributed by atoms with Gasteiger partial charge >= 0.3 is 0 Å². The van der Waals surface area contributed by atoms with Crippen LogP contribution in [0.5, 0.6) is 5.75 Å². The number of phenolic OH excluding ortho intramolecular Hbond substituents is 1. The van der Waals surface area contributed by atoms with E-state index in [1.54, 1.807) is 12.1 Å². The summed E-state index contributed by atoms with van der Waals surface area (Å²) in [5, 5.41) is 13.4. The Balaban J connectivity index is 1.92. The van der Waals surface area contributed by atoms with Gasteiger partial charge in [-0.2, -0.15) is 0 Å². The topological polar surface area (TPSA) is 55.8 Å². The Kier molecular flexibility index (Phi) is 5.97. The molecule has 2 fully saturated rings. The summed E-state index contributed by atoms with van der Waals surface area (Å²) in [6.07, 6.45) is 3.29. The standard InChI is InChI=1S/C20H31N3O2/c1-3-17-13-21-9-11-23(17)19(16-7-4-8-18(24)12-16)20(25)22-10-5-6-15(2)14-22/h4,7-8,12,15,17,19,21,24H,3,5-6,9-11,13-14H2,1-2H3. The van der Waals surface area contributed by atoms with E-state index >= 15 is 0 Å². The molecule has 0 radical (unpaired) electrons. The molecule has 138 valence electrons. The van der Waals surface area contributed by atoms with Crippen molar-refractivity contribution in [2.24, 2.45) is 5.92 Å². The van der Waals surface area contributed by atoms with Gasteiger partial charge in [-0.25, -0.2) is 0 Å². The van der Waals surface area contributed by atoms with Crippen LogP contribution in [0.25, 0.3) is 0 Å². The summed E-state index contributed by atoms with van der Waals surface area (Å²) in [7, 11) is 0. The maximum Gasteiger partial charge on any atom is 0.244 e. The van der Waals surface area contributed by atoms with Crippen LogP contribution >= 0.6 is 0 Å². The minimum absolute atomic E-state index is 0.192. The smallest absolute Gasteiger partial charge is 0.244 e. The average Bonchev–Trinajstić information content (AvgIpc) is 2.62. The largest absolute Gasteiger partial charge is 0.508 e. The van der Waals surface area contributed by atoms with Gasteiger partial charge in [-0.1, -0.05) is 26.0 Å². The molecule has 2 aliphatic heterocycles. The number of amides is 1. The molecule has 0 saturated carbocycles. The van der Waals surface area contributed by atoms with Crippen LogP contribution in [0.4, 0.5) is 0 Å². The molecule has 3 unspecified atom stereocenters. The number of aromatic hydroxyl groups is 1. The van der Waals surface area contributed by atoms with E-state index in [0.717, 1.165) is 51.1 Å². The van der Waals surface area contributed by atoms with Crippen LogP contribution in [-0.4, -0.2) is 59.6 Å². The van der Waals surface area contributed by atoms with E-state index < -0.39 is 0 Å². The van der Waals surface area contributed by atoms with Crippen LogP contribution in [-0.2, 0) is 4.79 Å². The number of hydrogen-bond donors (Lipinski definition) is 2. The van der Waals surface area contributed by atoms with Crippen molar-refractivity contribution >= 4 is 5.91 Å². The van der Waals surface area contributed by atoms with Crippen LogP contribution < -0.4 is 5.32 Å². The molecule has 1 aromatic carbocycles. The zero-order chi connectivity index (χ0) is 17.8. The molecule has 3 rings (SSSR count). The number of piperazine rings is 1. The summed E-state index contributed by atoms with van der Waals surface area (Å²) in [6.45, 7) is 8.76. The third-order valence-corrected chi connectivity index (χ3v) is 5.59. The number of carbonyl (C=O) groups excluding carboxylic acids is 1. The molecule has 1 aromatic rings. The van der Waals surface area contributed by atoms with Gasteiger partial charge in [0.1, 0.15) is 11.8 Å². The van der Waals surface area contributed by atoms with E-state index in [0.29, 0.717) is 12.0 Å². The van der Waals surface area contributed by atoms with Crippen molar-refractivity contribution in [2.45, 2.75) is 45.2 Å². The second-order valence-electron chi connectivity index (χ2n) is 7.53. The SMILES string of the molecule is CCC1CNCCN1C(C(=O)N1CCCC(C)C1)c1cccc(O)c1. The third-order valence-electron chi connectivity index (χ3n) is 5.59. The highest BCUT2D eigenvalue weighted by Crippen LogP contribution is 2.30. The molecule has 2 heterocycles. The molecular weight excluding hydrogens is 314 g/mol. The van der Waals surface area contributed by atoms with Crippen LogP contribution in [0.3, 0.4) is 0 Å². The molecule has 5 heteroatoms. The number of nitrogens with one attached hydrogen (secondary N) is 1. The molecule has 2 aliphatic rings. The summed E-state index contributed by atoms with van der Waals surface area (Å²) in [4.78, 5) is 17.9. The third kappa shape index (κ3) is 4.15. The van der Waals surface area contributed by atoms with Crippen LogP contribution in [0.2, 0.25) is 0 Å². The van der Waals surface area contributed by atoms with Crippen LogP contribution in [0, 0.1) is 5.92 Å². The number of nitrogens with zero attached hydrogens (tertiary/aromatic N) is 2. The summed E-state index contributed by atoms with van der Waals surface area (Å²) in [5.41, 5.74) is 0.906. The molecule has 2 N–H and O–H groups in total. The fourth-order valence-corrected chi connectivity index (χ4v) is 4.23. The number of benzene rings is 1. The first-order chi connectivity index (χ1) is 12.1. The van der Waals surface area contributed by atoms with Gasteiger partial charge in [0, 0.05) is 38.8 Å². The molecular formula is C20H31N3O2. The Morgan fingerprint density at radius 3 is 2.96 bits per heavy atom. The monoisotopic (exact) mass is 345 g/mol. The van der Waals surface area contributed by atoms with Crippen molar-refractivity contribution in [1.82, 2.24) is 15.1 Å². The van der Waals surface area contributed by atoms with Crippen LogP contribution in [0.15, 0.2) is 24.3 Å². The number of rotatable bonds is 4. The lowest BCUT2D eigenvalue weighted by Crippen LogP contribution is -2.56. The second-order valence-corrected chi connectivity index (χ2v) is 7.53. The first-order valence-corrected chi connectivity index (χ1v) is 9.64. The molecule has 0 bridgehead atoms. The number of piperidine rings is 1. The Morgan fingerprint density at radius 1 is 1.40 bits per heavy atom. The van der Waals surface area contributed by atoms with Gasteiger partial charge in [0.25, 0.3) is 0 Å². The number of carbonyl (C=O) groups is 1. The lowest BCUT2D eigenvalue weighted by Gasteiger charge is -2.43. The van der Waals surface area contributed by atoms with Gasteiger partial charge in [-0.3, -0.25) is 9.69 Å². The van der Waals surface area contributed by atoms with E-state index in [1.807, 2.05) is 17.0 Å². The highest BCUT2D eigenvalue weighted by Gasteiger charge is 2.37. The molecule has 25 heavy (non-hydrogen) atoms. The molecule has 2 saturated heterocycles. The molecule has 0 aliphatic carbocycles. The Labute approximate surface area is 151 Å². The fraction of sp³-hybridized carbons (Fsp3) is 0.650. The van der Waals surface area contributed by atoms with Crippen molar-refractivity contribution in [1.29, 1.82) is 0 Å². The summed E-state index contributed by atoms with van der Waals surface area (Å²) in [5.74, 6) is 0.982. The number of phenols is 1. The second kappa shape index (κ2) is 8.19. The molecule has 0 spiro atoms. The van der Waals surface area contributed by atoms with Crippen molar-refractivity contribution < 1.29 is 9.90 Å². The first-order valence-electron chi connectivity index (χ1n) is 9.64. The van der Waals surface area contributed by atoms with Crippen molar-refractivity contribution in [3.05, 3.63) is 29.8 Å². The van der Waals surface area contributed by atoms with E-state index in [2.05, 4.69) is 24.1 Å². The molecule has 5 nitrogen and oxygen atoms in total. The number of likely N-dealkylation sites (tertiary alicyclic amines) is 1. The lowest BCUT2D eigenvalue weighted by atomic mass is 9.95. The van der Waals surface area contributed by atoms with E-state index in [1.165, 1.54) is 6.42 Å². The minimum atomic E-state index is -0.301. The Bertz CT molecular complexity index is 592. The predicted octanol–water partition coefficient (Wildman–Crippen LogP) is 2.38. The molecule has 0 aromatic heterocycles. The quantitative estimate of drug-likeness (QED) is 0.880. The zero-order valence-electron chi connectivity index (χ0n) is 15.4. The van der Waals surface area contributed by atoms with Gasteiger partial charge in [0.15, 0.2) is 0 Å². The zero-order valence-corrected chi connectivity index (χ0v) is 15.4. The lowest BCUT2D eigenvalue weighted by molar-refractivity contribution is -0.140. The summed E-state index contributed by atoms with van der Waals surface area (Å²) in [6, 6.07) is 7.28. The van der Waals surface area contributed by atoms with Gasteiger partial charge in [-0.15, -0.1) is 0 Å². The average molecular weight is 345 g/mol. The highest BCUT2D eigenvalue weighted by molar-refractivity contribution is 5.83. The Hall–Kier alpha value is -1.59. The van der Waals surface area contributed by atoms with E-state index in [9.17, 15) is 9.90 Å². The maximum absolute atomic E-state index is 13.5. The van der Waals surface area contributed by atoms with Crippen molar-refractivity contribution in [3.8, 4) is 5.75 Å². The highest BCUT2D eigenvalue weighted by atomic mass is 16.3. The predicted molar refractivity (Wildman–Crippen MR) is 99.5 cm³/mol. The van der Waals surface area contributed by atoms with Crippen molar-refractivity contribution in [3.63, 3.8) is 0 Å². The van der Waals surface area contributed by atoms with Gasteiger partial charge < -0.3 is 15.3 Å². The van der Waals surface area contributed by atoms with Gasteiger partial charge in [0.2, 0.25) is 5.91 Å². The van der Waals surface area contributed by atoms with Gasteiger partial charge in [0.05, 0.1) is 0 Å². The molecule has 1 amide bonds. The molecule has 3 atom stereocenters. The van der Waals surface area contributed by atoms with E-state index in [-0.39, 0.29) is 17.7 Å². The summed E-state index contributed by atoms with van der Waals surface area (Å²) >= 11 is 0. The number of hydrogen-bond acceptors (Lipinski definition) is 4.